The van der Waals surface area contributed by atoms with E-state index in [0.29, 0.717) is 26.2 Å². The van der Waals surface area contributed by atoms with Crippen molar-refractivity contribution in [2.75, 3.05) is 33.9 Å². The van der Waals surface area contributed by atoms with Gasteiger partial charge in [0.1, 0.15) is 0 Å². The number of carbonyl (C=O) groups is 1. The zero-order chi connectivity index (χ0) is 15.1. The van der Waals surface area contributed by atoms with E-state index in [0.717, 1.165) is 22.3 Å². The lowest BCUT2D eigenvalue weighted by Crippen LogP contribution is -2.36. The average molecular weight is 347 g/mol. The topological polar surface area (TPSA) is 59.4 Å². The number of nitrogens with one attached hydrogen (secondary N) is 1. The highest BCUT2D eigenvalue weighted by atomic mass is 79.9. The summed E-state index contributed by atoms with van der Waals surface area (Å²) >= 11 is 3.58. The maximum atomic E-state index is 11.7. The van der Waals surface area contributed by atoms with Gasteiger partial charge in [-0.25, -0.2) is 0 Å². The second-order valence-electron chi connectivity index (χ2n) is 4.70. The van der Waals surface area contributed by atoms with Gasteiger partial charge in [0.25, 0.3) is 0 Å². The predicted octanol–water partition coefficient (Wildman–Crippen LogP) is 0.939. The van der Waals surface area contributed by atoms with Gasteiger partial charge in [0, 0.05) is 27.2 Å². The smallest absolute Gasteiger partial charge is 0.234 e. The van der Waals surface area contributed by atoms with E-state index < -0.39 is 0 Å². The van der Waals surface area contributed by atoms with Gasteiger partial charge in [-0.15, -0.1) is 0 Å². The number of likely N-dealkylation sites (N-methyl/N-ethyl adjacent to an activating group) is 1. The molecule has 0 saturated carbocycles. The zero-order valence-electron chi connectivity index (χ0n) is 12.6. The third-order valence-corrected chi connectivity index (χ3v) is 3.88. The molecular weight excluding hydrogens is 324 g/mol. The average Bonchev–Trinajstić information content (AvgIpc) is 2.66. The molecule has 0 bridgehead atoms. The molecule has 0 aliphatic heterocycles. The van der Waals surface area contributed by atoms with Crippen LogP contribution >= 0.6 is 15.9 Å². The lowest BCUT2D eigenvalue weighted by atomic mass is 10.3. The summed E-state index contributed by atoms with van der Waals surface area (Å²) in [4.78, 5) is 13.7. The minimum atomic E-state index is -0.00134. The number of halogens is 1. The Morgan fingerprint density at radius 1 is 1.55 bits per heavy atom. The van der Waals surface area contributed by atoms with Crippen LogP contribution in [0.15, 0.2) is 4.47 Å². The third kappa shape index (κ3) is 4.88. The van der Waals surface area contributed by atoms with Crippen molar-refractivity contribution < 1.29 is 9.53 Å². The summed E-state index contributed by atoms with van der Waals surface area (Å²) in [5.41, 5.74) is 2.12. The molecule has 1 aromatic rings. The van der Waals surface area contributed by atoms with E-state index in [9.17, 15) is 4.79 Å². The van der Waals surface area contributed by atoms with Gasteiger partial charge in [-0.3, -0.25) is 14.4 Å². The third-order valence-electron chi connectivity index (χ3n) is 2.96. The first-order valence-corrected chi connectivity index (χ1v) is 7.43. The highest BCUT2D eigenvalue weighted by Gasteiger charge is 2.15. The highest BCUT2D eigenvalue weighted by molar-refractivity contribution is 9.10. The lowest BCUT2D eigenvalue weighted by Gasteiger charge is -2.16. The fraction of sp³-hybridized carbons (Fsp3) is 0.692. The quantitative estimate of drug-likeness (QED) is 0.711. The standard InChI is InChI=1S/C13H23BrN4O2/c1-5-10-13(14)11(18(3)16-10)8-17(2)9-12(19)15-6-7-20-4/h5-9H2,1-4H3,(H,15,19). The largest absolute Gasteiger partial charge is 0.383 e. The fourth-order valence-electron chi connectivity index (χ4n) is 1.90. The number of ether oxygens (including phenoxy) is 1. The maximum absolute atomic E-state index is 11.7. The van der Waals surface area contributed by atoms with Crippen molar-refractivity contribution in [3.05, 3.63) is 15.9 Å². The second kappa shape index (κ2) is 8.39. The van der Waals surface area contributed by atoms with E-state index in [-0.39, 0.29) is 5.91 Å². The molecule has 7 heteroatoms. The van der Waals surface area contributed by atoms with E-state index in [1.54, 1.807) is 7.11 Å². The van der Waals surface area contributed by atoms with Gasteiger partial charge >= 0.3 is 0 Å². The Balaban J connectivity index is 2.52. The first-order valence-electron chi connectivity index (χ1n) is 6.64. The Kier molecular flexibility index (Phi) is 7.18. The molecule has 1 amide bonds. The van der Waals surface area contributed by atoms with E-state index in [2.05, 4.69) is 33.3 Å². The number of aryl methyl sites for hydroxylation is 2. The Labute approximate surface area is 128 Å². The number of methoxy groups -OCH3 is 1. The summed E-state index contributed by atoms with van der Waals surface area (Å²) in [5.74, 6) is -0.00134. The number of hydrogen-bond donors (Lipinski definition) is 1. The molecule has 0 atom stereocenters. The number of aromatic nitrogens is 2. The van der Waals surface area contributed by atoms with Crippen molar-refractivity contribution in [3.63, 3.8) is 0 Å². The summed E-state index contributed by atoms with van der Waals surface area (Å²) in [6.45, 7) is 4.16. The van der Waals surface area contributed by atoms with Crippen LogP contribution in [0.5, 0.6) is 0 Å². The van der Waals surface area contributed by atoms with Crippen LogP contribution < -0.4 is 5.32 Å². The number of nitrogens with zero attached hydrogens (tertiary/aromatic N) is 3. The molecule has 0 unspecified atom stereocenters. The van der Waals surface area contributed by atoms with Crippen molar-refractivity contribution >= 4 is 21.8 Å². The normalized spacial score (nSPS) is 11.1. The van der Waals surface area contributed by atoms with Crippen molar-refractivity contribution in [1.82, 2.24) is 20.0 Å². The Bertz CT molecular complexity index is 448. The van der Waals surface area contributed by atoms with Gasteiger partial charge < -0.3 is 10.1 Å². The fourth-order valence-corrected chi connectivity index (χ4v) is 2.64. The zero-order valence-corrected chi connectivity index (χ0v) is 14.2. The predicted molar refractivity (Wildman–Crippen MR) is 81.5 cm³/mol. The second-order valence-corrected chi connectivity index (χ2v) is 5.49. The van der Waals surface area contributed by atoms with Crippen LogP contribution in [0.25, 0.3) is 0 Å². The van der Waals surface area contributed by atoms with Crippen molar-refractivity contribution in [3.8, 4) is 0 Å². The molecule has 20 heavy (non-hydrogen) atoms. The molecule has 0 radical (unpaired) electrons. The Morgan fingerprint density at radius 3 is 2.80 bits per heavy atom. The molecule has 0 saturated heterocycles. The molecule has 0 aromatic carbocycles. The van der Waals surface area contributed by atoms with E-state index in [1.165, 1.54) is 0 Å². The van der Waals surface area contributed by atoms with Gasteiger partial charge in [0.2, 0.25) is 5.91 Å². The van der Waals surface area contributed by atoms with Crippen LogP contribution in [-0.4, -0.2) is 54.4 Å². The monoisotopic (exact) mass is 346 g/mol. The Hall–Kier alpha value is -0.920. The molecule has 1 heterocycles. The van der Waals surface area contributed by atoms with Crippen molar-refractivity contribution in [2.45, 2.75) is 19.9 Å². The first-order chi connectivity index (χ1) is 9.49. The molecule has 1 aromatic heterocycles. The molecule has 1 rings (SSSR count). The summed E-state index contributed by atoms with van der Waals surface area (Å²) in [5, 5.41) is 7.25. The van der Waals surface area contributed by atoms with Gasteiger partial charge in [-0.1, -0.05) is 6.92 Å². The van der Waals surface area contributed by atoms with Crippen molar-refractivity contribution in [1.29, 1.82) is 0 Å². The van der Waals surface area contributed by atoms with Crippen LogP contribution in [-0.2, 0) is 29.5 Å². The molecular formula is C13H23BrN4O2. The van der Waals surface area contributed by atoms with Crippen molar-refractivity contribution in [2.24, 2.45) is 7.05 Å². The van der Waals surface area contributed by atoms with Crippen LogP contribution in [0.2, 0.25) is 0 Å². The minimum absolute atomic E-state index is 0.00134. The molecule has 6 nitrogen and oxygen atoms in total. The molecule has 0 fully saturated rings. The number of amides is 1. The van der Waals surface area contributed by atoms with Crippen LogP contribution in [0.3, 0.4) is 0 Å². The summed E-state index contributed by atoms with van der Waals surface area (Å²) < 4.78 is 7.79. The molecule has 0 aliphatic rings. The maximum Gasteiger partial charge on any atom is 0.234 e. The Morgan fingerprint density at radius 2 is 2.25 bits per heavy atom. The van der Waals surface area contributed by atoms with Gasteiger partial charge in [-0.05, 0) is 29.4 Å². The SMILES string of the molecule is CCc1nn(C)c(CN(C)CC(=O)NCCOC)c1Br. The van der Waals surface area contributed by atoms with Gasteiger partial charge in [0.05, 0.1) is 29.0 Å². The number of carbonyl (C=O) groups excluding carboxylic acids is 1. The molecule has 114 valence electrons. The van der Waals surface area contributed by atoms with Crippen LogP contribution in [0.1, 0.15) is 18.3 Å². The van der Waals surface area contributed by atoms with E-state index in [1.807, 2.05) is 23.7 Å². The number of rotatable bonds is 8. The number of hydrogen-bond acceptors (Lipinski definition) is 4. The van der Waals surface area contributed by atoms with Gasteiger partial charge in [0.15, 0.2) is 0 Å². The van der Waals surface area contributed by atoms with Gasteiger partial charge in [-0.2, -0.15) is 5.10 Å². The van der Waals surface area contributed by atoms with E-state index in [4.69, 9.17) is 4.74 Å². The molecule has 1 N–H and O–H groups in total. The lowest BCUT2D eigenvalue weighted by molar-refractivity contribution is -0.122. The van der Waals surface area contributed by atoms with E-state index >= 15 is 0 Å². The first kappa shape index (κ1) is 17.1. The summed E-state index contributed by atoms with van der Waals surface area (Å²) in [6.07, 6.45) is 0.885. The van der Waals surface area contributed by atoms with Crippen LogP contribution in [0.4, 0.5) is 0 Å². The van der Waals surface area contributed by atoms with Crippen LogP contribution in [0, 0.1) is 0 Å². The summed E-state index contributed by atoms with van der Waals surface area (Å²) in [6, 6.07) is 0. The minimum Gasteiger partial charge on any atom is -0.383 e. The molecule has 0 spiro atoms. The highest BCUT2D eigenvalue weighted by Crippen LogP contribution is 2.22. The molecule has 0 aliphatic carbocycles. The summed E-state index contributed by atoms with van der Waals surface area (Å²) in [7, 11) is 5.45.